The molecule has 1 fully saturated rings. The fraction of sp³-hybridized carbons (Fsp3) is 0.391. The van der Waals surface area contributed by atoms with Crippen LogP contribution in [0.5, 0.6) is 0 Å². The number of aromatic amines is 1. The highest BCUT2D eigenvalue weighted by molar-refractivity contribution is 5.85. The van der Waals surface area contributed by atoms with E-state index in [1.165, 1.54) is 53.5 Å². The largest absolute Gasteiger partial charge is 0.361 e. The molecule has 1 aliphatic rings. The Morgan fingerprint density at radius 2 is 1.62 bits per heavy atom. The summed E-state index contributed by atoms with van der Waals surface area (Å²) in [6, 6.07) is 15.8. The molecule has 138 valence electrons. The average Bonchev–Trinajstić information content (AvgIpc) is 3.06. The van der Waals surface area contributed by atoms with E-state index in [-0.39, 0.29) is 12.4 Å². The third-order valence-corrected chi connectivity index (χ3v) is 6.10. The molecule has 0 bridgehead atoms. The third-order valence-electron chi connectivity index (χ3n) is 6.10. The summed E-state index contributed by atoms with van der Waals surface area (Å²) in [4.78, 5) is 6.08. The number of aromatic nitrogens is 1. The van der Waals surface area contributed by atoms with Crippen LogP contribution in [0.25, 0.3) is 10.9 Å². The van der Waals surface area contributed by atoms with E-state index in [1.54, 1.807) is 5.56 Å². The van der Waals surface area contributed by atoms with Crippen molar-refractivity contribution in [2.45, 2.75) is 45.6 Å². The molecule has 0 spiro atoms. The molecule has 0 amide bonds. The topological polar surface area (TPSA) is 19.0 Å². The highest BCUT2D eigenvalue weighted by atomic mass is 35.5. The molecule has 1 N–H and O–H groups in total. The molecule has 0 saturated carbocycles. The standard InChI is InChI=1S/C23H28N2.ClH/c1-16-7-6-8-17(2)23(16)19-11-13-25(14-12-19)18(3)21-15-24-22-10-5-4-9-20(21)22;/h4-10,15,18-19,24H,11-14H2,1-3H3;1H. The third kappa shape index (κ3) is 3.41. The SMILES string of the molecule is Cc1cccc(C)c1C1CCN(C(C)c2c[nH]c3ccccc23)CC1.Cl. The fourth-order valence-electron chi connectivity index (χ4n) is 4.68. The minimum absolute atomic E-state index is 0. The maximum atomic E-state index is 3.43. The number of H-pyrrole nitrogens is 1. The van der Waals surface area contributed by atoms with E-state index in [1.807, 2.05) is 0 Å². The van der Waals surface area contributed by atoms with Gasteiger partial charge in [0, 0.05) is 23.1 Å². The summed E-state index contributed by atoms with van der Waals surface area (Å²) in [5, 5.41) is 1.37. The molecule has 0 aliphatic carbocycles. The van der Waals surface area contributed by atoms with Crippen molar-refractivity contribution in [3.05, 3.63) is 70.9 Å². The zero-order valence-corrected chi connectivity index (χ0v) is 16.8. The Morgan fingerprint density at radius 1 is 0.962 bits per heavy atom. The molecule has 3 aromatic rings. The van der Waals surface area contributed by atoms with Crippen LogP contribution in [0, 0.1) is 13.8 Å². The van der Waals surface area contributed by atoms with Crippen molar-refractivity contribution in [3.8, 4) is 0 Å². The van der Waals surface area contributed by atoms with Crippen LogP contribution < -0.4 is 0 Å². The first-order valence-electron chi connectivity index (χ1n) is 9.51. The molecule has 2 nitrogen and oxygen atoms in total. The van der Waals surface area contributed by atoms with Crippen LogP contribution in [0.15, 0.2) is 48.7 Å². The number of likely N-dealkylation sites (tertiary alicyclic amines) is 1. The van der Waals surface area contributed by atoms with Gasteiger partial charge >= 0.3 is 0 Å². The second-order valence-corrected chi connectivity index (χ2v) is 7.58. The Kier molecular flexibility index (Phi) is 5.74. The lowest BCUT2D eigenvalue weighted by atomic mass is 9.83. The lowest BCUT2D eigenvalue weighted by Gasteiger charge is -2.37. The van der Waals surface area contributed by atoms with Gasteiger partial charge in [0.05, 0.1) is 0 Å². The van der Waals surface area contributed by atoms with Crippen LogP contribution in [0.3, 0.4) is 0 Å². The minimum atomic E-state index is 0. The first-order chi connectivity index (χ1) is 12.1. The number of rotatable bonds is 3. The molecule has 4 rings (SSSR count). The highest BCUT2D eigenvalue weighted by Gasteiger charge is 2.27. The summed E-state index contributed by atoms with van der Waals surface area (Å²) < 4.78 is 0. The number of fused-ring (bicyclic) bond motifs is 1. The van der Waals surface area contributed by atoms with Crippen molar-refractivity contribution >= 4 is 23.3 Å². The number of hydrogen-bond donors (Lipinski definition) is 1. The van der Waals surface area contributed by atoms with E-state index >= 15 is 0 Å². The maximum absolute atomic E-state index is 3.43. The smallest absolute Gasteiger partial charge is 0.0457 e. The second-order valence-electron chi connectivity index (χ2n) is 7.58. The van der Waals surface area contributed by atoms with Crippen LogP contribution >= 0.6 is 12.4 Å². The van der Waals surface area contributed by atoms with Crippen molar-refractivity contribution in [2.24, 2.45) is 0 Å². The Labute approximate surface area is 163 Å². The van der Waals surface area contributed by atoms with Crippen LogP contribution in [0.2, 0.25) is 0 Å². The average molecular weight is 369 g/mol. The van der Waals surface area contributed by atoms with Crippen molar-refractivity contribution in [2.75, 3.05) is 13.1 Å². The lowest BCUT2D eigenvalue weighted by molar-refractivity contribution is 0.163. The molecule has 0 radical (unpaired) electrons. The van der Waals surface area contributed by atoms with E-state index in [0.717, 1.165) is 0 Å². The van der Waals surface area contributed by atoms with Gasteiger partial charge in [-0.05, 0) is 80.9 Å². The molecule has 2 heterocycles. The van der Waals surface area contributed by atoms with Gasteiger partial charge in [0.1, 0.15) is 0 Å². The predicted molar refractivity (Wildman–Crippen MR) is 113 cm³/mol. The fourth-order valence-corrected chi connectivity index (χ4v) is 4.68. The Morgan fingerprint density at radius 3 is 2.31 bits per heavy atom. The summed E-state index contributed by atoms with van der Waals surface area (Å²) in [6.07, 6.45) is 4.73. The minimum Gasteiger partial charge on any atom is -0.361 e. The number of benzene rings is 2. The molecule has 1 aliphatic heterocycles. The summed E-state index contributed by atoms with van der Waals surface area (Å²) >= 11 is 0. The summed E-state index contributed by atoms with van der Waals surface area (Å²) in [7, 11) is 0. The van der Waals surface area contributed by atoms with Gasteiger partial charge in [-0.3, -0.25) is 4.90 Å². The normalized spacial score (nSPS) is 17.2. The maximum Gasteiger partial charge on any atom is 0.0457 e. The van der Waals surface area contributed by atoms with Crippen LogP contribution in [-0.2, 0) is 0 Å². The molecular weight excluding hydrogens is 340 g/mol. The number of halogens is 1. The van der Waals surface area contributed by atoms with Crippen molar-refractivity contribution in [3.63, 3.8) is 0 Å². The Hall–Kier alpha value is -1.77. The van der Waals surface area contributed by atoms with Crippen molar-refractivity contribution in [1.82, 2.24) is 9.88 Å². The van der Waals surface area contributed by atoms with E-state index in [9.17, 15) is 0 Å². The van der Waals surface area contributed by atoms with Gasteiger partial charge in [-0.25, -0.2) is 0 Å². The molecule has 1 atom stereocenters. The van der Waals surface area contributed by atoms with Gasteiger partial charge in [-0.2, -0.15) is 0 Å². The number of nitrogens with zero attached hydrogens (tertiary/aromatic N) is 1. The number of para-hydroxylation sites is 1. The Balaban J connectivity index is 0.00000196. The molecule has 1 unspecified atom stereocenters. The highest BCUT2D eigenvalue weighted by Crippen LogP contribution is 2.36. The van der Waals surface area contributed by atoms with E-state index in [2.05, 4.69) is 79.3 Å². The van der Waals surface area contributed by atoms with Crippen LogP contribution in [0.4, 0.5) is 0 Å². The molecule has 1 saturated heterocycles. The summed E-state index contributed by atoms with van der Waals surface area (Å²) in [5.41, 5.74) is 7.20. The van der Waals surface area contributed by atoms with Crippen molar-refractivity contribution in [1.29, 1.82) is 0 Å². The lowest BCUT2D eigenvalue weighted by Crippen LogP contribution is -2.35. The van der Waals surface area contributed by atoms with E-state index in [4.69, 9.17) is 0 Å². The zero-order chi connectivity index (χ0) is 17.4. The first-order valence-corrected chi connectivity index (χ1v) is 9.51. The quantitative estimate of drug-likeness (QED) is 0.587. The summed E-state index contributed by atoms with van der Waals surface area (Å²) in [6.45, 7) is 9.25. The van der Waals surface area contributed by atoms with Gasteiger partial charge in [0.25, 0.3) is 0 Å². The summed E-state index contributed by atoms with van der Waals surface area (Å²) in [5.74, 6) is 0.715. The van der Waals surface area contributed by atoms with E-state index in [0.29, 0.717) is 12.0 Å². The molecular formula is C23H29ClN2. The van der Waals surface area contributed by atoms with Gasteiger partial charge in [0.2, 0.25) is 0 Å². The molecule has 3 heteroatoms. The van der Waals surface area contributed by atoms with Gasteiger partial charge in [-0.15, -0.1) is 12.4 Å². The number of hydrogen-bond acceptors (Lipinski definition) is 1. The molecule has 1 aromatic heterocycles. The van der Waals surface area contributed by atoms with Gasteiger partial charge in [0.15, 0.2) is 0 Å². The number of piperidine rings is 1. The van der Waals surface area contributed by atoms with Gasteiger partial charge < -0.3 is 4.98 Å². The van der Waals surface area contributed by atoms with Gasteiger partial charge in [-0.1, -0.05) is 36.4 Å². The van der Waals surface area contributed by atoms with E-state index < -0.39 is 0 Å². The molecule has 26 heavy (non-hydrogen) atoms. The van der Waals surface area contributed by atoms with Crippen LogP contribution in [-0.4, -0.2) is 23.0 Å². The number of nitrogens with one attached hydrogen (secondary N) is 1. The predicted octanol–water partition coefficient (Wildman–Crippen LogP) is 6.15. The zero-order valence-electron chi connectivity index (χ0n) is 16.0. The van der Waals surface area contributed by atoms with Crippen molar-refractivity contribution < 1.29 is 0 Å². The second kappa shape index (κ2) is 7.85. The Bertz CT molecular complexity index is 855. The van der Waals surface area contributed by atoms with Crippen LogP contribution in [0.1, 0.15) is 54.0 Å². The first kappa shape index (κ1) is 19.0. The molecule has 2 aromatic carbocycles. The number of aryl methyl sites for hydroxylation is 2. The monoisotopic (exact) mass is 368 g/mol.